The Bertz CT molecular complexity index is 1010. The first kappa shape index (κ1) is 22.9. The Balaban J connectivity index is 1.72. The predicted octanol–water partition coefficient (Wildman–Crippen LogP) is 5.27. The van der Waals surface area contributed by atoms with Crippen LogP contribution in [0.3, 0.4) is 0 Å². The van der Waals surface area contributed by atoms with Gasteiger partial charge in [-0.1, -0.05) is 77.8 Å². The molecule has 0 aliphatic carbocycles. The average molecular weight is 455 g/mol. The van der Waals surface area contributed by atoms with Crippen LogP contribution in [0.2, 0.25) is 10.0 Å². The molecule has 0 saturated heterocycles. The van der Waals surface area contributed by atoms with E-state index in [4.69, 9.17) is 23.2 Å². The van der Waals surface area contributed by atoms with Crippen LogP contribution in [0.5, 0.6) is 0 Å². The third kappa shape index (κ3) is 6.84. The van der Waals surface area contributed by atoms with E-state index >= 15 is 0 Å². The van der Waals surface area contributed by atoms with Crippen molar-refractivity contribution in [2.24, 2.45) is 0 Å². The van der Waals surface area contributed by atoms with Crippen LogP contribution in [0, 0.1) is 0 Å². The smallest absolute Gasteiger partial charge is 0.242 e. The Labute approximate surface area is 192 Å². The second kappa shape index (κ2) is 11.0. The van der Waals surface area contributed by atoms with Crippen molar-refractivity contribution in [1.82, 2.24) is 10.2 Å². The molecule has 3 aromatic carbocycles. The molecule has 4 nitrogen and oxygen atoms in total. The minimum absolute atomic E-state index is 0.115. The van der Waals surface area contributed by atoms with E-state index in [0.717, 1.165) is 16.7 Å². The van der Waals surface area contributed by atoms with Crippen LogP contribution in [0.1, 0.15) is 23.6 Å². The Morgan fingerprint density at radius 3 is 1.94 bits per heavy atom. The second-order valence-corrected chi connectivity index (χ2v) is 8.20. The summed E-state index contributed by atoms with van der Waals surface area (Å²) in [5, 5.41) is 4.18. The highest BCUT2D eigenvalue weighted by atomic mass is 35.5. The number of nitrogens with zero attached hydrogens (tertiary/aromatic N) is 1. The van der Waals surface area contributed by atoms with Gasteiger partial charge in [-0.25, -0.2) is 0 Å². The number of carbonyl (C=O) groups excluding carboxylic acids is 2. The van der Waals surface area contributed by atoms with Crippen molar-refractivity contribution in [3.8, 4) is 0 Å². The van der Waals surface area contributed by atoms with Crippen molar-refractivity contribution in [1.29, 1.82) is 0 Å². The number of amides is 2. The zero-order valence-corrected chi connectivity index (χ0v) is 18.7. The lowest BCUT2D eigenvalue weighted by Gasteiger charge is -2.29. The molecule has 160 valence electrons. The van der Waals surface area contributed by atoms with Gasteiger partial charge in [0.15, 0.2) is 0 Å². The highest BCUT2D eigenvalue weighted by Gasteiger charge is 2.26. The Hall–Kier alpha value is -2.82. The molecule has 0 fully saturated rings. The number of benzene rings is 3. The summed E-state index contributed by atoms with van der Waals surface area (Å²) in [6, 6.07) is 23.4. The molecule has 1 unspecified atom stereocenters. The quantitative estimate of drug-likeness (QED) is 0.503. The predicted molar refractivity (Wildman–Crippen MR) is 125 cm³/mol. The number of halogens is 2. The topological polar surface area (TPSA) is 49.4 Å². The summed E-state index contributed by atoms with van der Waals surface area (Å²) in [6.45, 7) is 2.43. The molecule has 0 radical (unpaired) electrons. The largest absolute Gasteiger partial charge is 0.350 e. The molecule has 0 spiro atoms. The van der Waals surface area contributed by atoms with Gasteiger partial charge in [-0.15, -0.1) is 0 Å². The van der Waals surface area contributed by atoms with Crippen molar-refractivity contribution in [2.75, 3.05) is 0 Å². The SMILES string of the molecule is CC(C(=O)NCc1ccc(Cl)cc1)N(Cc1ccc(Cl)cc1)C(=O)Cc1ccccc1. The maximum Gasteiger partial charge on any atom is 0.242 e. The number of carbonyl (C=O) groups is 2. The first-order valence-electron chi connectivity index (χ1n) is 10.0. The highest BCUT2D eigenvalue weighted by molar-refractivity contribution is 6.30. The van der Waals surface area contributed by atoms with Crippen molar-refractivity contribution in [3.63, 3.8) is 0 Å². The zero-order valence-electron chi connectivity index (χ0n) is 17.2. The standard InChI is InChI=1S/C25H24Cl2N2O2/c1-18(25(31)28-16-20-7-11-22(26)12-8-20)29(17-21-9-13-23(27)14-10-21)24(30)15-19-5-3-2-4-6-19/h2-14,18H,15-17H2,1H3,(H,28,31). The third-order valence-corrected chi connectivity index (χ3v) is 5.52. The van der Waals surface area contributed by atoms with E-state index < -0.39 is 6.04 Å². The van der Waals surface area contributed by atoms with E-state index in [1.165, 1.54) is 0 Å². The van der Waals surface area contributed by atoms with Gasteiger partial charge in [0.25, 0.3) is 0 Å². The number of rotatable bonds is 8. The molecule has 0 aromatic heterocycles. The molecule has 0 aliphatic rings. The Kier molecular flexibility index (Phi) is 8.10. The summed E-state index contributed by atoms with van der Waals surface area (Å²) in [5.74, 6) is -0.333. The van der Waals surface area contributed by atoms with E-state index in [1.54, 1.807) is 36.1 Å². The summed E-state index contributed by atoms with van der Waals surface area (Å²) < 4.78 is 0. The normalized spacial score (nSPS) is 11.6. The van der Waals surface area contributed by atoms with Crippen LogP contribution < -0.4 is 5.32 Å². The maximum atomic E-state index is 13.1. The van der Waals surface area contributed by atoms with Gasteiger partial charge in [-0.3, -0.25) is 9.59 Å². The lowest BCUT2D eigenvalue weighted by molar-refractivity contribution is -0.140. The van der Waals surface area contributed by atoms with Crippen LogP contribution in [0.25, 0.3) is 0 Å². The van der Waals surface area contributed by atoms with Gasteiger partial charge < -0.3 is 10.2 Å². The third-order valence-electron chi connectivity index (χ3n) is 5.01. The Morgan fingerprint density at radius 1 is 0.806 bits per heavy atom. The number of hydrogen-bond donors (Lipinski definition) is 1. The molecule has 6 heteroatoms. The summed E-state index contributed by atoms with van der Waals surface area (Å²) in [6.07, 6.45) is 0.225. The fourth-order valence-electron chi connectivity index (χ4n) is 3.18. The highest BCUT2D eigenvalue weighted by Crippen LogP contribution is 2.16. The van der Waals surface area contributed by atoms with Crippen LogP contribution in [0.4, 0.5) is 0 Å². The van der Waals surface area contributed by atoms with E-state index in [2.05, 4.69) is 5.32 Å². The Morgan fingerprint density at radius 2 is 1.35 bits per heavy atom. The van der Waals surface area contributed by atoms with E-state index in [0.29, 0.717) is 23.1 Å². The van der Waals surface area contributed by atoms with Crippen molar-refractivity contribution in [2.45, 2.75) is 32.5 Å². The van der Waals surface area contributed by atoms with E-state index in [1.807, 2.05) is 54.6 Å². The van der Waals surface area contributed by atoms with Crippen LogP contribution in [0.15, 0.2) is 78.9 Å². The zero-order chi connectivity index (χ0) is 22.2. The minimum atomic E-state index is -0.640. The molecule has 0 saturated carbocycles. The molecular formula is C25H24Cl2N2O2. The molecule has 1 atom stereocenters. The fraction of sp³-hybridized carbons (Fsp3) is 0.200. The molecule has 31 heavy (non-hydrogen) atoms. The molecule has 0 heterocycles. The minimum Gasteiger partial charge on any atom is -0.350 e. The van der Waals surface area contributed by atoms with Gasteiger partial charge in [-0.2, -0.15) is 0 Å². The lowest BCUT2D eigenvalue weighted by atomic mass is 10.1. The number of nitrogens with one attached hydrogen (secondary N) is 1. The summed E-state index contributed by atoms with van der Waals surface area (Å²) >= 11 is 11.9. The van der Waals surface area contributed by atoms with Gasteiger partial charge >= 0.3 is 0 Å². The molecular weight excluding hydrogens is 431 g/mol. The maximum absolute atomic E-state index is 13.1. The van der Waals surface area contributed by atoms with Gasteiger partial charge in [0, 0.05) is 23.1 Å². The average Bonchev–Trinajstić information content (AvgIpc) is 2.78. The van der Waals surface area contributed by atoms with Crippen molar-refractivity contribution >= 4 is 35.0 Å². The monoisotopic (exact) mass is 454 g/mol. The molecule has 2 amide bonds. The van der Waals surface area contributed by atoms with Gasteiger partial charge in [0.05, 0.1) is 6.42 Å². The molecule has 3 rings (SSSR count). The van der Waals surface area contributed by atoms with E-state index in [-0.39, 0.29) is 18.2 Å². The first-order valence-corrected chi connectivity index (χ1v) is 10.8. The van der Waals surface area contributed by atoms with Crippen molar-refractivity contribution < 1.29 is 9.59 Å². The lowest BCUT2D eigenvalue weighted by Crippen LogP contribution is -2.47. The molecule has 1 N–H and O–H groups in total. The molecule has 0 bridgehead atoms. The molecule has 3 aromatic rings. The first-order chi connectivity index (χ1) is 14.9. The van der Waals surface area contributed by atoms with Gasteiger partial charge in [0.2, 0.25) is 11.8 Å². The summed E-state index contributed by atoms with van der Waals surface area (Å²) in [5.41, 5.74) is 2.75. The van der Waals surface area contributed by atoms with Gasteiger partial charge in [0.1, 0.15) is 6.04 Å². The summed E-state index contributed by atoms with van der Waals surface area (Å²) in [4.78, 5) is 27.6. The van der Waals surface area contributed by atoms with Gasteiger partial charge in [-0.05, 0) is 47.9 Å². The van der Waals surface area contributed by atoms with E-state index in [9.17, 15) is 9.59 Å². The van der Waals surface area contributed by atoms with Crippen LogP contribution >= 0.6 is 23.2 Å². The number of hydrogen-bond acceptors (Lipinski definition) is 2. The van der Waals surface area contributed by atoms with Crippen molar-refractivity contribution in [3.05, 3.63) is 106 Å². The summed E-state index contributed by atoms with van der Waals surface area (Å²) in [7, 11) is 0. The fourth-order valence-corrected chi connectivity index (χ4v) is 3.43. The van der Waals surface area contributed by atoms with Crippen LogP contribution in [-0.2, 0) is 29.1 Å². The molecule has 0 aliphatic heterocycles. The van der Waals surface area contributed by atoms with Crippen LogP contribution in [-0.4, -0.2) is 22.8 Å². The second-order valence-electron chi connectivity index (χ2n) is 7.33.